The largest absolute Gasteiger partial charge is 0.467 e. The Morgan fingerprint density at radius 2 is 1.75 bits per heavy atom. The zero-order valence-electron chi connectivity index (χ0n) is 10.7. The first-order valence-electron chi connectivity index (χ1n) is 5.82. The Kier molecular flexibility index (Phi) is 7.60. The summed E-state index contributed by atoms with van der Waals surface area (Å²) in [5, 5.41) is 2.61. The van der Waals surface area contributed by atoms with E-state index in [0.29, 0.717) is 12.3 Å². The van der Waals surface area contributed by atoms with Crippen molar-refractivity contribution in [3.63, 3.8) is 0 Å². The highest BCUT2D eigenvalue weighted by atomic mass is 16.5. The van der Waals surface area contributed by atoms with Crippen molar-refractivity contribution in [2.45, 2.75) is 52.5 Å². The van der Waals surface area contributed by atoms with Gasteiger partial charge in [-0.05, 0) is 12.3 Å². The highest BCUT2D eigenvalue weighted by Crippen LogP contribution is 2.10. The number of hydrogen-bond donors (Lipinski definition) is 1. The molecule has 0 rings (SSSR count). The van der Waals surface area contributed by atoms with Gasteiger partial charge < -0.3 is 10.1 Å². The van der Waals surface area contributed by atoms with Gasteiger partial charge in [0, 0.05) is 6.92 Å². The molecule has 0 bridgehead atoms. The lowest BCUT2D eigenvalue weighted by Crippen LogP contribution is -2.40. The molecule has 94 valence electrons. The van der Waals surface area contributed by atoms with Gasteiger partial charge in [0.15, 0.2) is 0 Å². The molecular weight excluding hydrogens is 206 g/mol. The Labute approximate surface area is 97.7 Å². The molecular formula is C12H23NO3. The molecule has 1 amide bonds. The molecule has 0 aromatic carbocycles. The van der Waals surface area contributed by atoms with Crippen molar-refractivity contribution >= 4 is 11.9 Å². The van der Waals surface area contributed by atoms with Crippen LogP contribution in [0.2, 0.25) is 0 Å². The topological polar surface area (TPSA) is 55.4 Å². The van der Waals surface area contributed by atoms with Gasteiger partial charge >= 0.3 is 5.97 Å². The molecule has 0 heterocycles. The van der Waals surface area contributed by atoms with Crippen LogP contribution in [0.4, 0.5) is 0 Å². The molecule has 1 atom stereocenters. The average Bonchev–Trinajstić information content (AvgIpc) is 2.20. The molecule has 0 fully saturated rings. The number of methoxy groups -OCH3 is 1. The van der Waals surface area contributed by atoms with Crippen molar-refractivity contribution < 1.29 is 14.3 Å². The van der Waals surface area contributed by atoms with Gasteiger partial charge in [-0.25, -0.2) is 4.79 Å². The Balaban J connectivity index is 3.92. The van der Waals surface area contributed by atoms with Crippen LogP contribution in [0.5, 0.6) is 0 Å². The van der Waals surface area contributed by atoms with Gasteiger partial charge in [-0.2, -0.15) is 0 Å². The number of nitrogens with one attached hydrogen (secondary N) is 1. The first-order chi connectivity index (χ1) is 7.47. The van der Waals surface area contributed by atoms with E-state index in [2.05, 4.69) is 23.9 Å². The number of unbranched alkanes of at least 4 members (excludes halogenated alkanes) is 1. The predicted molar refractivity (Wildman–Crippen MR) is 62.9 cm³/mol. The van der Waals surface area contributed by atoms with Crippen LogP contribution < -0.4 is 5.32 Å². The highest BCUT2D eigenvalue weighted by molar-refractivity contribution is 5.83. The van der Waals surface area contributed by atoms with E-state index in [1.807, 2.05) is 0 Å². The molecule has 4 heteroatoms. The van der Waals surface area contributed by atoms with E-state index in [1.165, 1.54) is 14.0 Å². The number of carbonyl (C=O) groups is 2. The number of carbonyl (C=O) groups excluding carboxylic acids is 2. The summed E-state index contributed by atoms with van der Waals surface area (Å²) < 4.78 is 4.64. The molecule has 0 aliphatic heterocycles. The summed E-state index contributed by atoms with van der Waals surface area (Å²) in [5.41, 5.74) is 0. The lowest BCUT2D eigenvalue weighted by atomic mass is 10.0. The van der Waals surface area contributed by atoms with E-state index < -0.39 is 6.04 Å². The number of ether oxygens (including phenoxy) is 1. The average molecular weight is 229 g/mol. The van der Waals surface area contributed by atoms with Crippen LogP contribution >= 0.6 is 0 Å². The maximum absolute atomic E-state index is 11.3. The van der Waals surface area contributed by atoms with Crippen LogP contribution in [0.15, 0.2) is 0 Å². The summed E-state index contributed by atoms with van der Waals surface area (Å²) in [4.78, 5) is 22.2. The predicted octanol–water partition coefficient (Wildman–Crippen LogP) is 1.88. The second kappa shape index (κ2) is 8.13. The van der Waals surface area contributed by atoms with Gasteiger partial charge in [-0.1, -0.05) is 33.1 Å². The lowest BCUT2D eigenvalue weighted by molar-refractivity contribution is -0.145. The van der Waals surface area contributed by atoms with Gasteiger partial charge in [0.2, 0.25) is 5.91 Å². The normalized spacial score (nSPS) is 12.3. The van der Waals surface area contributed by atoms with Crippen LogP contribution in [0, 0.1) is 5.92 Å². The van der Waals surface area contributed by atoms with Crippen molar-refractivity contribution in [2.24, 2.45) is 5.92 Å². The molecule has 0 aliphatic carbocycles. The van der Waals surface area contributed by atoms with Crippen LogP contribution in [0.3, 0.4) is 0 Å². The minimum absolute atomic E-state index is 0.195. The maximum atomic E-state index is 11.3. The minimum atomic E-state index is -0.491. The van der Waals surface area contributed by atoms with Crippen molar-refractivity contribution in [3.05, 3.63) is 0 Å². The zero-order chi connectivity index (χ0) is 12.6. The summed E-state index contributed by atoms with van der Waals surface area (Å²) in [7, 11) is 1.34. The fourth-order valence-electron chi connectivity index (χ4n) is 1.54. The van der Waals surface area contributed by atoms with Crippen LogP contribution in [-0.4, -0.2) is 25.0 Å². The maximum Gasteiger partial charge on any atom is 0.328 e. The fraction of sp³-hybridized carbons (Fsp3) is 0.833. The number of amides is 1. The van der Waals surface area contributed by atoms with Crippen molar-refractivity contribution in [1.29, 1.82) is 0 Å². The third kappa shape index (κ3) is 7.26. The Bertz CT molecular complexity index is 226. The van der Waals surface area contributed by atoms with Crippen molar-refractivity contribution in [3.8, 4) is 0 Å². The van der Waals surface area contributed by atoms with Crippen LogP contribution in [-0.2, 0) is 14.3 Å². The van der Waals surface area contributed by atoms with Crippen LogP contribution in [0.1, 0.15) is 46.5 Å². The second-order valence-corrected chi connectivity index (χ2v) is 4.45. The van der Waals surface area contributed by atoms with E-state index in [-0.39, 0.29) is 11.9 Å². The highest BCUT2D eigenvalue weighted by Gasteiger charge is 2.19. The summed E-state index contributed by atoms with van der Waals surface area (Å²) in [6.07, 6.45) is 3.80. The first-order valence-corrected chi connectivity index (χ1v) is 5.82. The van der Waals surface area contributed by atoms with Crippen molar-refractivity contribution in [2.75, 3.05) is 7.11 Å². The molecule has 16 heavy (non-hydrogen) atoms. The molecule has 0 saturated carbocycles. The molecule has 4 nitrogen and oxygen atoms in total. The van der Waals surface area contributed by atoms with E-state index >= 15 is 0 Å². The number of esters is 1. The molecule has 0 radical (unpaired) electrons. The van der Waals surface area contributed by atoms with Gasteiger partial charge in [0.25, 0.3) is 0 Å². The van der Waals surface area contributed by atoms with E-state index in [4.69, 9.17) is 0 Å². The number of rotatable bonds is 7. The Hall–Kier alpha value is -1.06. The van der Waals surface area contributed by atoms with Gasteiger partial charge in [-0.3, -0.25) is 4.79 Å². The van der Waals surface area contributed by atoms with E-state index in [9.17, 15) is 9.59 Å². The van der Waals surface area contributed by atoms with Crippen LogP contribution in [0.25, 0.3) is 0 Å². The summed E-state index contributed by atoms with van der Waals surface area (Å²) >= 11 is 0. The molecule has 0 aliphatic rings. The SMILES string of the molecule is COC(=O)[C@H](CCCCC(C)C)NC(C)=O. The fourth-order valence-corrected chi connectivity index (χ4v) is 1.54. The first kappa shape index (κ1) is 14.9. The van der Waals surface area contributed by atoms with Gasteiger partial charge in [0.1, 0.15) is 6.04 Å². The van der Waals surface area contributed by atoms with Gasteiger partial charge in [0.05, 0.1) is 7.11 Å². The molecule has 0 aromatic rings. The summed E-state index contributed by atoms with van der Waals surface area (Å²) in [6, 6.07) is -0.491. The van der Waals surface area contributed by atoms with E-state index in [1.54, 1.807) is 0 Å². The molecule has 0 aromatic heterocycles. The number of hydrogen-bond acceptors (Lipinski definition) is 3. The minimum Gasteiger partial charge on any atom is -0.467 e. The lowest BCUT2D eigenvalue weighted by Gasteiger charge is -2.15. The molecule has 0 saturated heterocycles. The van der Waals surface area contributed by atoms with E-state index in [0.717, 1.165) is 19.3 Å². The standard InChI is InChI=1S/C12H23NO3/c1-9(2)7-5-6-8-11(12(15)16-4)13-10(3)14/h9,11H,5-8H2,1-4H3,(H,13,14)/t11-/m0/s1. The second-order valence-electron chi connectivity index (χ2n) is 4.45. The molecule has 1 N–H and O–H groups in total. The smallest absolute Gasteiger partial charge is 0.328 e. The molecule has 0 unspecified atom stereocenters. The third-order valence-electron chi connectivity index (χ3n) is 2.39. The Morgan fingerprint density at radius 3 is 2.19 bits per heavy atom. The Morgan fingerprint density at radius 1 is 1.19 bits per heavy atom. The summed E-state index contributed by atoms with van der Waals surface area (Å²) in [5.74, 6) is 0.122. The van der Waals surface area contributed by atoms with Crippen molar-refractivity contribution in [1.82, 2.24) is 5.32 Å². The van der Waals surface area contributed by atoms with Gasteiger partial charge in [-0.15, -0.1) is 0 Å². The zero-order valence-corrected chi connectivity index (χ0v) is 10.7. The quantitative estimate of drug-likeness (QED) is 0.535. The third-order valence-corrected chi connectivity index (χ3v) is 2.39. The molecule has 0 spiro atoms. The summed E-state index contributed by atoms with van der Waals surface area (Å²) in [6.45, 7) is 5.75. The monoisotopic (exact) mass is 229 g/mol.